The number of carboxylic acids is 2. The SMILES string of the molecule is O=C(O)c1ccc(Oc2c(Cl)c(Cl)c(-c3c(Cl)c(Cl)c(Cl)c(Oc4ccc(C(=O)O)cc4)c3Cl)c(Cl)c2Cl)cc1. The van der Waals surface area contributed by atoms with Crippen LogP contribution >= 0.6 is 92.8 Å². The second-order valence-corrected chi connectivity index (χ2v) is 10.8. The number of rotatable bonds is 7. The molecule has 0 amide bonds. The molecule has 14 heteroatoms. The molecule has 40 heavy (non-hydrogen) atoms. The zero-order chi connectivity index (χ0) is 29.5. The summed E-state index contributed by atoms with van der Waals surface area (Å²) in [5.41, 5.74) is 0.0515. The van der Waals surface area contributed by atoms with Gasteiger partial charge in [0.1, 0.15) is 26.6 Å². The van der Waals surface area contributed by atoms with E-state index in [1.54, 1.807) is 0 Å². The van der Waals surface area contributed by atoms with E-state index >= 15 is 0 Å². The summed E-state index contributed by atoms with van der Waals surface area (Å²) in [4.78, 5) is 22.3. The summed E-state index contributed by atoms with van der Waals surface area (Å²) in [6.07, 6.45) is 0. The monoisotopic (exact) mass is 698 g/mol. The molecule has 0 atom stereocenters. The molecule has 6 nitrogen and oxygen atoms in total. The maximum absolute atomic E-state index is 11.2. The van der Waals surface area contributed by atoms with Crippen molar-refractivity contribution in [3.05, 3.63) is 99.8 Å². The van der Waals surface area contributed by atoms with E-state index in [-0.39, 0.29) is 85.4 Å². The third-order valence-corrected chi connectivity index (χ3v) is 8.68. The van der Waals surface area contributed by atoms with Crippen LogP contribution in [0.5, 0.6) is 23.0 Å². The summed E-state index contributed by atoms with van der Waals surface area (Å²) in [7, 11) is 0. The molecule has 0 heterocycles. The molecule has 0 spiro atoms. The molecular formula is C26H10Cl8O6. The molecule has 0 aliphatic heterocycles. The van der Waals surface area contributed by atoms with Crippen molar-refractivity contribution >= 4 is 105 Å². The van der Waals surface area contributed by atoms with Gasteiger partial charge in [0.2, 0.25) is 0 Å². The molecule has 0 aliphatic carbocycles. The molecule has 206 valence electrons. The number of carboxylic acid groups (broad SMARTS) is 2. The molecule has 0 unspecified atom stereocenters. The maximum Gasteiger partial charge on any atom is 0.335 e. The summed E-state index contributed by atoms with van der Waals surface area (Å²) < 4.78 is 11.6. The summed E-state index contributed by atoms with van der Waals surface area (Å²) >= 11 is 52.3. The molecule has 0 saturated carbocycles. The van der Waals surface area contributed by atoms with Gasteiger partial charge < -0.3 is 19.7 Å². The lowest BCUT2D eigenvalue weighted by atomic mass is 10.0. The molecule has 0 saturated heterocycles. The van der Waals surface area contributed by atoms with E-state index in [0.717, 1.165) is 0 Å². The second-order valence-electron chi connectivity index (χ2n) is 7.78. The first kappa shape index (κ1) is 30.7. The molecule has 0 aliphatic rings. The Hall–Kier alpha value is -2.26. The molecule has 2 N–H and O–H groups in total. The minimum absolute atomic E-state index is 0.00782. The number of halogens is 8. The van der Waals surface area contributed by atoms with Crippen LogP contribution in [0.4, 0.5) is 0 Å². The van der Waals surface area contributed by atoms with Gasteiger partial charge in [0.05, 0.1) is 36.2 Å². The summed E-state index contributed by atoms with van der Waals surface area (Å²) in [6, 6.07) is 10.9. The number of aromatic carboxylic acids is 2. The molecule has 0 fully saturated rings. The quantitative estimate of drug-likeness (QED) is 0.147. The number of benzene rings is 4. The molecule has 0 aromatic heterocycles. The van der Waals surface area contributed by atoms with Crippen LogP contribution in [-0.4, -0.2) is 22.2 Å². The van der Waals surface area contributed by atoms with Gasteiger partial charge in [-0.1, -0.05) is 92.8 Å². The van der Waals surface area contributed by atoms with Gasteiger partial charge in [-0.05, 0) is 48.5 Å². The van der Waals surface area contributed by atoms with Gasteiger partial charge >= 0.3 is 11.9 Å². The van der Waals surface area contributed by atoms with E-state index in [0.29, 0.717) is 0 Å². The van der Waals surface area contributed by atoms with Crippen molar-refractivity contribution < 1.29 is 29.3 Å². The Labute approximate surface area is 266 Å². The predicted octanol–water partition coefficient (Wildman–Crippen LogP) is 11.6. The van der Waals surface area contributed by atoms with E-state index in [2.05, 4.69) is 0 Å². The van der Waals surface area contributed by atoms with Crippen molar-refractivity contribution in [1.29, 1.82) is 0 Å². The molecule has 4 aromatic carbocycles. The normalized spacial score (nSPS) is 10.9. The lowest BCUT2D eigenvalue weighted by molar-refractivity contribution is 0.0686. The van der Waals surface area contributed by atoms with Crippen LogP contribution in [0.15, 0.2) is 48.5 Å². The van der Waals surface area contributed by atoms with Gasteiger partial charge in [0.15, 0.2) is 11.5 Å². The Balaban J connectivity index is 1.83. The fourth-order valence-electron chi connectivity index (χ4n) is 3.41. The summed E-state index contributed by atoms with van der Waals surface area (Å²) in [6.45, 7) is 0. The number of carbonyl (C=O) groups is 2. The van der Waals surface area contributed by atoms with E-state index in [4.69, 9.17) is 112 Å². The second kappa shape index (κ2) is 12.3. The van der Waals surface area contributed by atoms with Crippen molar-refractivity contribution in [3.63, 3.8) is 0 Å². The van der Waals surface area contributed by atoms with Crippen molar-refractivity contribution in [2.75, 3.05) is 0 Å². The Morgan fingerprint density at radius 2 is 0.750 bits per heavy atom. The lowest BCUT2D eigenvalue weighted by Crippen LogP contribution is -1.98. The predicted molar refractivity (Wildman–Crippen MR) is 159 cm³/mol. The first-order chi connectivity index (χ1) is 18.8. The molecule has 0 bridgehead atoms. The number of hydrogen-bond donors (Lipinski definition) is 2. The highest BCUT2D eigenvalue weighted by atomic mass is 35.5. The largest absolute Gasteiger partial charge is 0.478 e. The van der Waals surface area contributed by atoms with Crippen LogP contribution in [0, 0.1) is 0 Å². The zero-order valence-corrected chi connectivity index (χ0v) is 25.2. The minimum Gasteiger partial charge on any atom is -0.478 e. The molecule has 0 radical (unpaired) electrons. The average molecular weight is 702 g/mol. The lowest BCUT2D eigenvalue weighted by Gasteiger charge is -2.20. The third kappa shape index (κ3) is 5.87. The van der Waals surface area contributed by atoms with Gasteiger partial charge in [-0.15, -0.1) is 0 Å². The molecule has 4 rings (SSSR count). The standard InChI is InChI=1S/C26H10Cl8O6/c27-15-14(18(30)23(22(34)19(15)31)39-11-5-1-9(2-6-11)25(35)36)13-16(28)20(32)24(21(33)17(13)29)40-12-7-3-10(4-8-12)26(37)38/h1-8H,(H,35,36)(H,37,38). The van der Waals surface area contributed by atoms with Crippen molar-refractivity contribution in [2.24, 2.45) is 0 Å². The van der Waals surface area contributed by atoms with E-state index in [1.807, 2.05) is 0 Å². The highest BCUT2D eigenvalue weighted by molar-refractivity contribution is 6.55. The average Bonchev–Trinajstić information content (AvgIpc) is 2.93. The van der Waals surface area contributed by atoms with Gasteiger partial charge in [-0.3, -0.25) is 0 Å². The van der Waals surface area contributed by atoms with Crippen LogP contribution < -0.4 is 9.47 Å². The minimum atomic E-state index is -1.12. The smallest absolute Gasteiger partial charge is 0.335 e. The first-order valence-corrected chi connectivity index (χ1v) is 13.6. The van der Waals surface area contributed by atoms with Gasteiger partial charge in [0.25, 0.3) is 0 Å². The Morgan fingerprint density at radius 3 is 1.12 bits per heavy atom. The fourth-order valence-corrected chi connectivity index (χ4v) is 5.67. The highest BCUT2D eigenvalue weighted by Gasteiger charge is 2.30. The maximum atomic E-state index is 11.2. The van der Waals surface area contributed by atoms with Gasteiger partial charge in [0, 0.05) is 11.1 Å². The Kier molecular flexibility index (Phi) is 9.45. The third-order valence-electron chi connectivity index (χ3n) is 5.34. The van der Waals surface area contributed by atoms with Gasteiger partial charge in [-0.25, -0.2) is 9.59 Å². The Bertz CT molecular complexity index is 1640. The van der Waals surface area contributed by atoms with Crippen LogP contribution in [0.25, 0.3) is 11.1 Å². The first-order valence-electron chi connectivity index (χ1n) is 10.6. The topological polar surface area (TPSA) is 93.1 Å². The summed E-state index contributed by atoms with van der Waals surface area (Å²) in [5, 5.41) is 17.0. The van der Waals surface area contributed by atoms with E-state index in [9.17, 15) is 9.59 Å². The van der Waals surface area contributed by atoms with E-state index in [1.165, 1.54) is 48.5 Å². The van der Waals surface area contributed by atoms with Gasteiger partial charge in [-0.2, -0.15) is 0 Å². The zero-order valence-electron chi connectivity index (χ0n) is 19.2. The highest BCUT2D eigenvalue weighted by Crippen LogP contribution is 2.57. The van der Waals surface area contributed by atoms with Crippen LogP contribution in [0.2, 0.25) is 40.2 Å². The number of ether oxygens (including phenoxy) is 2. The molecular weight excluding hydrogens is 692 g/mol. The molecule has 4 aromatic rings. The van der Waals surface area contributed by atoms with Crippen LogP contribution in [0.1, 0.15) is 20.7 Å². The van der Waals surface area contributed by atoms with Crippen LogP contribution in [0.3, 0.4) is 0 Å². The van der Waals surface area contributed by atoms with Crippen molar-refractivity contribution in [2.45, 2.75) is 0 Å². The summed E-state index contributed by atoms with van der Waals surface area (Å²) in [5.74, 6) is -2.11. The Morgan fingerprint density at radius 1 is 0.450 bits per heavy atom. The number of hydrogen-bond acceptors (Lipinski definition) is 4. The van der Waals surface area contributed by atoms with Crippen molar-refractivity contribution in [1.82, 2.24) is 0 Å². The van der Waals surface area contributed by atoms with Crippen LogP contribution in [-0.2, 0) is 0 Å². The van der Waals surface area contributed by atoms with Crippen molar-refractivity contribution in [3.8, 4) is 34.1 Å². The fraction of sp³-hybridized carbons (Fsp3) is 0. The van der Waals surface area contributed by atoms with E-state index < -0.39 is 11.9 Å².